The third-order valence-corrected chi connectivity index (χ3v) is 4.86. The van der Waals surface area contributed by atoms with Gasteiger partial charge < -0.3 is 4.74 Å². The van der Waals surface area contributed by atoms with Gasteiger partial charge in [-0.2, -0.15) is 0 Å². The van der Waals surface area contributed by atoms with Crippen molar-refractivity contribution < 1.29 is 4.74 Å². The Morgan fingerprint density at radius 2 is 1.71 bits per heavy atom. The largest absolute Gasteiger partial charge is 0.359 e. The first-order valence-corrected chi connectivity index (χ1v) is 8.46. The first-order chi connectivity index (χ1) is 8.09. The molecule has 0 saturated heterocycles. The minimum absolute atomic E-state index is 0.139. The van der Waals surface area contributed by atoms with E-state index in [2.05, 4.69) is 52.0 Å². The van der Waals surface area contributed by atoms with Crippen molar-refractivity contribution in [3.05, 3.63) is 35.9 Å². The first kappa shape index (κ1) is 14.9. The predicted molar refractivity (Wildman–Crippen MR) is 80.3 cm³/mol. The van der Waals surface area contributed by atoms with Crippen molar-refractivity contribution in [3.63, 3.8) is 0 Å². The van der Waals surface area contributed by atoms with Gasteiger partial charge in [-0.1, -0.05) is 65.8 Å². The molecular weight excluding hydrogens is 248 g/mol. The molecule has 1 nitrogen and oxygen atoms in total. The van der Waals surface area contributed by atoms with E-state index in [4.69, 9.17) is 4.74 Å². The van der Waals surface area contributed by atoms with Gasteiger partial charge in [0.15, 0.2) is 0 Å². The predicted octanol–water partition coefficient (Wildman–Crippen LogP) is 5.15. The molecule has 0 N–H and O–H groups in total. The Bertz CT molecular complexity index is 298. The van der Waals surface area contributed by atoms with Crippen molar-refractivity contribution in [3.8, 4) is 0 Å². The number of benzene rings is 1. The summed E-state index contributed by atoms with van der Waals surface area (Å²) >= 11 is 0. The molecule has 0 aromatic heterocycles. The van der Waals surface area contributed by atoms with Gasteiger partial charge in [0.2, 0.25) is 0 Å². The van der Waals surface area contributed by atoms with Gasteiger partial charge in [0, 0.05) is 5.75 Å². The molecule has 0 spiro atoms. The van der Waals surface area contributed by atoms with Crippen molar-refractivity contribution in [1.82, 2.24) is 0 Å². The molecule has 0 aliphatic heterocycles. The lowest BCUT2D eigenvalue weighted by atomic mass is 10.2. The van der Waals surface area contributed by atoms with E-state index in [1.807, 2.05) is 27.7 Å². The van der Waals surface area contributed by atoms with Crippen molar-refractivity contribution in [2.45, 2.75) is 39.2 Å². The van der Waals surface area contributed by atoms with Crippen LogP contribution in [0.25, 0.3) is 0 Å². The van der Waals surface area contributed by atoms with Gasteiger partial charge in [-0.15, -0.1) is 0 Å². The van der Waals surface area contributed by atoms with Gasteiger partial charge in [0.1, 0.15) is 5.44 Å². The van der Waals surface area contributed by atoms with E-state index < -0.39 is 0 Å². The summed E-state index contributed by atoms with van der Waals surface area (Å²) < 4.78 is 5.96. The molecule has 0 aliphatic rings. The van der Waals surface area contributed by atoms with Crippen LogP contribution in [0, 0.1) is 5.92 Å². The zero-order valence-electron chi connectivity index (χ0n) is 11.1. The molecule has 0 saturated carbocycles. The second kappa shape index (κ2) is 8.06. The van der Waals surface area contributed by atoms with Crippen LogP contribution in [-0.4, -0.2) is 11.9 Å². The molecule has 1 unspecified atom stereocenters. The minimum Gasteiger partial charge on any atom is -0.359 e. The summed E-state index contributed by atoms with van der Waals surface area (Å²) in [6.45, 7) is 8.66. The molecule has 0 fully saturated rings. The average Bonchev–Trinajstić information content (AvgIpc) is 2.28. The monoisotopic (exact) mass is 270 g/mol. The summed E-state index contributed by atoms with van der Waals surface area (Å²) in [7, 11) is 3.72. The highest BCUT2D eigenvalue weighted by Gasteiger charge is 2.14. The zero-order valence-corrected chi connectivity index (χ0v) is 12.7. The van der Waals surface area contributed by atoms with E-state index in [0.29, 0.717) is 0 Å². The lowest BCUT2D eigenvalue weighted by Gasteiger charge is -2.20. The standard InChI is InChI=1S/C14H22OS2/c1-11(2)10-16-17-14(15-12(3)4)13-8-6-5-7-9-13/h5-9,11-12,14H,10H2,1-4H3. The van der Waals surface area contributed by atoms with Crippen LogP contribution >= 0.6 is 21.6 Å². The SMILES string of the molecule is CC(C)CSSC(OC(C)C)c1ccccc1. The minimum atomic E-state index is 0.139. The lowest BCUT2D eigenvalue weighted by molar-refractivity contribution is 0.0599. The molecule has 96 valence electrons. The summed E-state index contributed by atoms with van der Waals surface area (Å²) in [5, 5.41) is 0. The molecule has 0 amide bonds. The fourth-order valence-corrected chi connectivity index (χ4v) is 4.15. The van der Waals surface area contributed by atoms with Crippen LogP contribution in [0.2, 0.25) is 0 Å². The summed E-state index contributed by atoms with van der Waals surface area (Å²) in [5.41, 5.74) is 1.39. The molecule has 0 heterocycles. The quantitative estimate of drug-likeness (QED) is 0.501. The van der Waals surface area contributed by atoms with E-state index in [9.17, 15) is 0 Å². The van der Waals surface area contributed by atoms with Gasteiger partial charge in [0.05, 0.1) is 6.10 Å². The van der Waals surface area contributed by atoms with Crippen LogP contribution in [0.4, 0.5) is 0 Å². The molecule has 1 aromatic carbocycles. The maximum atomic E-state index is 5.96. The van der Waals surface area contributed by atoms with E-state index in [1.165, 1.54) is 5.56 Å². The Balaban J connectivity index is 2.55. The highest BCUT2D eigenvalue weighted by atomic mass is 33.1. The number of hydrogen-bond acceptors (Lipinski definition) is 3. The van der Waals surface area contributed by atoms with Gasteiger partial charge >= 0.3 is 0 Å². The number of hydrogen-bond donors (Lipinski definition) is 0. The molecule has 3 heteroatoms. The highest BCUT2D eigenvalue weighted by Crippen LogP contribution is 2.40. The van der Waals surface area contributed by atoms with E-state index >= 15 is 0 Å². The lowest BCUT2D eigenvalue weighted by Crippen LogP contribution is -2.07. The Morgan fingerprint density at radius 1 is 1.06 bits per heavy atom. The van der Waals surface area contributed by atoms with Crippen LogP contribution in [0.15, 0.2) is 30.3 Å². The second-order valence-corrected chi connectivity index (χ2v) is 7.18. The molecule has 0 aliphatic carbocycles. The van der Waals surface area contributed by atoms with Gasteiger partial charge in [-0.25, -0.2) is 0 Å². The topological polar surface area (TPSA) is 9.23 Å². The van der Waals surface area contributed by atoms with Crippen LogP contribution < -0.4 is 0 Å². The Morgan fingerprint density at radius 3 is 2.24 bits per heavy atom. The van der Waals surface area contributed by atoms with Crippen LogP contribution in [-0.2, 0) is 4.74 Å². The maximum Gasteiger partial charge on any atom is 0.138 e. The van der Waals surface area contributed by atoms with Gasteiger partial charge in [-0.05, 0) is 25.3 Å². The third kappa shape index (κ3) is 6.39. The normalized spacial score (nSPS) is 13.3. The molecule has 1 aromatic rings. The molecule has 0 bridgehead atoms. The summed E-state index contributed by atoms with van der Waals surface area (Å²) in [4.78, 5) is 0. The van der Waals surface area contributed by atoms with Crippen molar-refractivity contribution in [2.75, 3.05) is 5.75 Å². The fourth-order valence-electron chi connectivity index (χ4n) is 1.25. The molecule has 0 radical (unpaired) electrons. The van der Waals surface area contributed by atoms with E-state index in [1.54, 1.807) is 0 Å². The summed E-state index contributed by atoms with van der Waals surface area (Å²) in [6, 6.07) is 10.5. The molecule has 17 heavy (non-hydrogen) atoms. The van der Waals surface area contributed by atoms with Crippen molar-refractivity contribution in [2.24, 2.45) is 5.92 Å². The van der Waals surface area contributed by atoms with Crippen LogP contribution in [0.5, 0.6) is 0 Å². The van der Waals surface area contributed by atoms with Crippen molar-refractivity contribution in [1.29, 1.82) is 0 Å². The number of ether oxygens (including phenoxy) is 1. The Kier molecular flexibility index (Phi) is 7.09. The Labute approximate surface area is 113 Å². The second-order valence-electron chi connectivity index (χ2n) is 4.70. The zero-order chi connectivity index (χ0) is 12.7. The van der Waals surface area contributed by atoms with Crippen LogP contribution in [0.1, 0.15) is 38.7 Å². The van der Waals surface area contributed by atoms with Gasteiger partial charge in [0.25, 0.3) is 0 Å². The molecule has 1 atom stereocenters. The van der Waals surface area contributed by atoms with E-state index in [-0.39, 0.29) is 11.5 Å². The average molecular weight is 270 g/mol. The smallest absolute Gasteiger partial charge is 0.138 e. The van der Waals surface area contributed by atoms with Crippen LogP contribution in [0.3, 0.4) is 0 Å². The van der Waals surface area contributed by atoms with Crippen molar-refractivity contribution >= 4 is 21.6 Å². The summed E-state index contributed by atoms with van der Waals surface area (Å²) in [5.74, 6) is 1.89. The van der Waals surface area contributed by atoms with Gasteiger partial charge in [-0.3, -0.25) is 0 Å². The summed E-state index contributed by atoms with van der Waals surface area (Å²) in [6.07, 6.45) is 0.257. The first-order valence-electron chi connectivity index (χ1n) is 6.08. The van der Waals surface area contributed by atoms with E-state index in [0.717, 1.165) is 11.7 Å². The third-order valence-electron chi connectivity index (χ3n) is 2.02. The molecular formula is C14H22OS2. The number of rotatable bonds is 7. The Hall–Kier alpha value is -0.120. The highest BCUT2D eigenvalue weighted by molar-refractivity contribution is 8.76. The fraction of sp³-hybridized carbons (Fsp3) is 0.571. The molecule has 1 rings (SSSR count). The maximum absolute atomic E-state index is 5.96.